The molecule has 1 saturated heterocycles. The van der Waals surface area contributed by atoms with Gasteiger partial charge in [0.25, 0.3) is 5.91 Å². The normalized spacial score (nSPS) is 23.2. The first-order valence-corrected chi connectivity index (χ1v) is 9.55. The Kier molecular flexibility index (Phi) is 5.44. The van der Waals surface area contributed by atoms with E-state index in [4.69, 9.17) is 4.74 Å². The molecule has 3 rings (SSSR count). The van der Waals surface area contributed by atoms with Gasteiger partial charge < -0.3 is 20.5 Å². The van der Waals surface area contributed by atoms with Gasteiger partial charge in [0.15, 0.2) is 5.60 Å². The lowest BCUT2D eigenvalue weighted by molar-refractivity contribution is -0.137. The molecule has 1 unspecified atom stereocenters. The Balaban J connectivity index is 1.67. The van der Waals surface area contributed by atoms with Crippen LogP contribution in [0, 0.1) is 20.8 Å². The molecule has 144 valence electrons. The number of ether oxygens (including phenoxy) is 1. The molecular formula is C20H31N3O3. The average molecular weight is 361 g/mol. The van der Waals surface area contributed by atoms with Gasteiger partial charge in [-0.05, 0) is 50.8 Å². The number of amides is 1. The number of rotatable bonds is 4. The minimum Gasteiger partial charge on any atom is -0.507 e. The smallest absolute Gasteiger partial charge is 0.263 e. The lowest BCUT2D eigenvalue weighted by atomic mass is 9.86. The molecule has 0 aliphatic carbocycles. The van der Waals surface area contributed by atoms with E-state index in [1.54, 1.807) is 0 Å². The molecule has 1 atom stereocenters. The topological polar surface area (TPSA) is 73.8 Å². The van der Waals surface area contributed by atoms with Crippen molar-refractivity contribution >= 4 is 5.91 Å². The van der Waals surface area contributed by atoms with Crippen molar-refractivity contribution in [1.29, 1.82) is 0 Å². The molecule has 2 aliphatic heterocycles. The van der Waals surface area contributed by atoms with Crippen LogP contribution < -0.4 is 15.4 Å². The highest BCUT2D eigenvalue weighted by atomic mass is 16.5. The Morgan fingerprint density at radius 1 is 1.23 bits per heavy atom. The number of carbonyl (C=O) groups excluding carboxylic acids is 1. The van der Waals surface area contributed by atoms with Gasteiger partial charge in [0.2, 0.25) is 0 Å². The van der Waals surface area contributed by atoms with Crippen LogP contribution in [-0.4, -0.2) is 60.8 Å². The van der Waals surface area contributed by atoms with Crippen molar-refractivity contribution in [1.82, 2.24) is 15.5 Å². The van der Waals surface area contributed by atoms with Gasteiger partial charge >= 0.3 is 0 Å². The molecule has 26 heavy (non-hydrogen) atoms. The standard InChI is InChI=1S/C20H31N3O3/c1-13-14(2)18-16(15(3)17(13)24)5-6-20(4,26-18)19(25)22-9-12-23-10-7-21-8-11-23/h21,24H,5-12H2,1-4H3,(H,22,25). The largest absolute Gasteiger partial charge is 0.507 e. The van der Waals surface area contributed by atoms with Crippen LogP contribution in [0.5, 0.6) is 11.5 Å². The summed E-state index contributed by atoms with van der Waals surface area (Å²) in [5.41, 5.74) is 2.77. The van der Waals surface area contributed by atoms with Crippen molar-refractivity contribution in [3.8, 4) is 11.5 Å². The van der Waals surface area contributed by atoms with Gasteiger partial charge in [-0.15, -0.1) is 0 Å². The second-order valence-electron chi connectivity index (χ2n) is 7.71. The van der Waals surface area contributed by atoms with E-state index in [-0.39, 0.29) is 5.91 Å². The predicted octanol–water partition coefficient (Wildman–Crippen LogP) is 1.42. The van der Waals surface area contributed by atoms with Crippen molar-refractivity contribution in [3.63, 3.8) is 0 Å². The number of piperazine rings is 1. The van der Waals surface area contributed by atoms with Crippen molar-refractivity contribution in [2.45, 2.75) is 46.1 Å². The number of aromatic hydroxyl groups is 1. The van der Waals surface area contributed by atoms with E-state index < -0.39 is 5.60 Å². The van der Waals surface area contributed by atoms with Gasteiger partial charge in [0.05, 0.1) is 0 Å². The summed E-state index contributed by atoms with van der Waals surface area (Å²) in [6.07, 6.45) is 1.35. The number of hydrogen-bond donors (Lipinski definition) is 3. The van der Waals surface area contributed by atoms with E-state index in [1.807, 2.05) is 27.7 Å². The van der Waals surface area contributed by atoms with Crippen LogP contribution in [0.15, 0.2) is 0 Å². The van der Waals surface area contributed by atoms with Crippen LogP contribution in [0.4, 0.5) is 0 Å². The van der Waals surface area contributed by atoms with Crippen LogP contribution >= 0.6 is 0 Å². The Bertz CT molecular complexity index is 698. The second kappa shape index (κ2) is 7.45. The molecule has 2 aliphatic rings. The average Bonchev–Trinajstić information content (AvgIpc) is 2.65. The number of nitrogens with zero attached hydrogens (tertiary/aromatic N) is 1. The summed E-state index contributed by atoms with van der Waals surface area (Å²) in [6.45, 7) is 13.2. The van der Waals surface area contributed by atoms with Crippen LogP contribution in [0.25, 0.3) is 0 Å². The van der Waals surface area contributed by atoms with Gasteiger partial charge in [-0.25, -0.2) is 0 Å². The number of hydrogen-bond acceptors (Lipinski definition) is 5. The summed E-state index contributed by atoms with van der Waals surface area (Å²) >= 11 is 0. The van der Waals surface area contributed by atoms with E-state index in [9.17, 15) is 9.90 Å². The number of benzene rings is 1. The van der Waals surface area contributed by atoms with Crippen molar-refractivity contribution in [2.75, 3.05) is 39.3 Å². The van der Waals surface area contributed by atoms with Gasteiger partial charge in [0, 0.05) is 51.3 Å². The Labute approximate surface area is 155 Å². The third kappa shape index (κ3) is 3.53. The summed E-state index contributed by atoms with van der Waals surface area (Å²) in [6, 6.07) is 0. The van der Waals surface area contributed by atoms with E-state index >= 15 is 0 Å². The Morgan fingerprint density at radius 2 is 1.92 bits per heavy atom. The van der Waals surface area contributed by atoms with Crippen molar-refractivity contribution in [3.05, 3.63) is 22.3 Å². The van der Waals surface area contributed by atoms with Crippen molar-refractivity contribution < 1.29 is 14.6 Å². The van der Waals surface area contributed by atoms with Crippen molar-refractivity contribution in [2.24, 2.45) is 0 Å². The fourth-order valence-electron chi connectivity index (χ4n) is 3.86. The minimum absolute atomic E-state index is 0.0546. The number of fused-ring (bicyclic) bond motifs is 1. The van der Waals surface area contributed by atoms with E-state index in [2.05, 4.69) is 15.5 Å². The van der Waals surface area contributed by atoms with Gasteiger partial charge in [-0.3, -0.25) is 9.69 Å². The molecule has 3 N–H and O–H groups in total. The third-order valence-corrected chi connectivity index (χ3v) is 5.92. The summed E-state index contributed by atoms with van der Waals surface area (Å²) in [7, 11) is 0. The van der Waals surface area contributed by atoms with Crippen LogP contribution in [-0.2, 0) is 11.2 Å². The van der Waals surface area contributed by atoms with Gasteiger partial charge in [-0.1, -0.05) is 0 Å². The van der Waals surface area contributed by atoms with Crippen LogP contribution in [0.1, 0.15) is 35.6 Å². The molecule has 6 heteroatoms. The van der Waals surface area contributed by atoms with Gasteiger partial charge in [0.1, 0.15) is 11.5 Å². The van der Waals surface area contributed by atoms with Crippen LogP contribution in [0.3, 0.4) is 0 Å². The first-order chi connectivity index (χ1) is 12.3. The molecule has 0 radical (unpaired) electrons. The molecule has 0 bridgehead atoms. The maximum Gasteiger partial charge on any atom is 0.263 e. The lowest BCUT2D eigenvalue weighted by Crippen LogP contribution is -2.53. The zero-order valence-corrected chi connectivity index (χ0v) is 16.4. The van der Waals surface area contributed by atoms with E-state index in [1.165, 1.54) is 0 Å². The molecule has 1 aromatic rings. The lowest BCUT2D eigenvalue weighted by Gasteiger charge is -2.37. The van der Waals surface area contributed by atoms with Gasteiger partial charge in [-0.2, -0.15) is 0 Å². The summed E-state index contributed by atoms with van der Waals surface area (Å²) in [4.78, 5) is 15.2. The molecule has 1 amide bonds. The SMILES string of the molecule is Cc1c(C)c2c(c(C)c1O)CCC(C)(C(=O)NCCN1CCNCC1)O2. The van der Waals surface area contributed by atoms with Crippen LogP contribution in [0.2, 0.25) is 0 Å². The summed E-state index contributed by atoms with van der Waals surface area (Å²) in [5.74, 6) is 1.05. The summed E-state index contributed by atoms with van der Waals surface area (Å²) < 4.78 is 6.22. The zero-order valence-electron chi connectivity index (χ0n) is 16.4. The summed E-state index contributed by atoms with van der Waals surface area (Å²) in [5, 5.41) is 16.7. The molecule has 2 heterocycles. The van der Waals surface area contributed by atoms with E-state index in [0.717, 1.165) is 67.1 Å². The molecule has 0 aromatic heterocycles. The second-order valence-corrected chi connectivity index (χ2v) is 7.71. The molecule has 0 saturated carbocycles. The molecular weight excluding hydrogens is 330 g/mol. The highest BCUT2D eigenvalue weighted by Gasteiger charge is 2.40. The monoisotopic (exact) mass is 361 g/mol. The first kappa shape index (κ1) is 19.0. The Hall–Kier alpha value is -1.79. The number of phenolic OH excluding ortho intramolecular Hbond substituents is 1. The highest BCUT2D eigenvalue weighted by molar-refractivity contribution is 5.85. The minimum atomic E-state index is -0.864. The fraction of sp³-hybridized carbons (Fsp3) is 0.650. The number of phenols is 1. The Morgan fingerprint density at radius 3 is 2.62 bits per heavy atom. The predicted molar refractivity (Wildman–Crippen MR) is 102 cm³/mol. The molecule has 1 fully saturated rings. The molecule has 1 aromatic carbocycles. The fourth-order valence-corrected chi connectivity index (χ4v) is 3.86. The zero-order chi connectivity index (χ0) is 18.9. The quantitative estimate of drug-likeness (QED) is 0.756. The molecule has 6 nitrogen and oxygen atoms in total. The van der Waals surface area contributed by atoms with E-state index in [0.29, 0.717) is 18.7 Å². The first-order valence-electron chi connectivity index (χ1n) is 9.55. The maximum atomic E-state index is 12.8. The third-order valence-electron chi connectivity index (χ3n) is 5.92. The number of carbonyl (C=O) groups is 1. The maximum absolute atomic E-state index is 12.8. The highest BCUT2D eigenvalue weighted by Crippen LogP contribution is 2.43. The number of nitrogens with one attached hydrogen (secondary N) is 2. The molecule has 0 spiro atoms.